The fourth-order valence-corrected chi connectivity index (χ4v) is 6.35. The van der Waals surface area contributed by atoms with Gasteiger partial charge in [-0.05, 0) is 79.6 Å². The van der Waals surface area contributed by atoms with Crippen LogP contribution in [-0.4, -0.2) is 34.5 Å². The van der Waals surface area contributed by atoms with Crippen LogP contribution in [0.3, 0.4) is 0 Å². The lowest BCUT2D eigenvalue weighted by molar-refractivity contribution is 0.148. The van der Waals surface area contributed by atoms with Crippen LogP contribution in [0.15, 0.2) is 48.8 Å². The molecule has 1 aromatic heterocycles. The molecule has 3 aliphatic rings. The van der Waals surface area contributed by atoms with E-state index in [1.165, 1.54) is 16.8 Å². The lowest BCUT2D eigenvalue weighted by atomic mass is 9.75. The normalized spacial score (nSPS) is 24.3. The van der Waals surface area contributed by atoms with Crippen LogP contribution >= 0.6 is 11.6 Å². The zero-order chi connectivity index (χ0) is 22.6. The summed E-state index contributed by atoms with van der Waals surface area (Å²) in [5, 5.41) is 0.760. The van der Waals surface area contributed by atoms with Gasteiger partial charge in [-0.25, -0.2) is 14.4 Å². The van der Waals surface area contributed by atoms with Crippen LogP contribution in [0.25, 0.3) is 0 Å². The molecule has 1 unspecified atom stereocenters. The Morgan fingerprint density at radius 2 is 1.97 bits per heavy atom. The van der Waals surface area contributed by atoms with Gasteiger partial charge in [-0.15, -0.1) is 0 Å². The summed E-state index contributed by atoms with van der Waals surface area (Å²) in [5.74, 6) is 1.31. The molecule has 0 amide bonds. The first-order valence-electron chi connectivity index (χ1n) is 11.9. The van der Waals surface area contributed by atoms with Crippen LogP contribution in [0.1, 0.15) is 54.5 Å². The largest absolute Gasteiger partial charge is 0.325 e. The van der Waals surface area contributed by atoms with E-state index in [1.807, 2.05) is 18.2 Å². The van der Waals surface area contributed by atoms with Crippen molar-refractivity contribution in [2.24, 2.45) is 0 Å². The van der Waals surface area contributed by atoms with Gasteiger partial charge in [0, 0.05) is 47.0 Å². The molecule has 6 rings (SSSR count). The number of anilines is 2. The molecule has 2 aromatic carbocycles. The van der Waals surface area contributed by atoms with Gasteiger partial charge in [-0.2, -0.15) is 0 Å². The lowest BCUT2D eigenvalue weighted by Crippen LogP contribution is -2.48. The third-order valence-corrected chi connectivity index (χ3v) is 8.02. The van der Waals surface area contributed by atoms with Crippen molar-refractivity contribution in [3.05, 3.63) is 82.0 Å². The zero-order valence-corrected chi connectivity index (χ0v) is 19.7. The summed E-state index contributed by atoms with van der Waals surface area (Å²) in [6, 6.07) is 13.4. The van der Waals surface area contributed by atoms with E-state index in [9.17, 15) is 4.39 Å². The standard InChI is InChI=1S/C27H28ClFN4/c1-18-3-9-23-25(18)26(31-17-30-23)33-16-27(22-13-21(29)8-10-24(22)33)11-2-12-32(15-27)14-19-4-6-20(28)7-5-19/h4-8,10,13,17-18H,2-3,9,11-12,14-16H2,1H3/t18?,27-/m1/s1. The summed E-state index contributed by atoms with van der Waals surface area (Å²) in [7, 11) is 0. The summed E-state index contributed by atoms with van der Waals surface area (Å²) in [5.41, 5.74) is 5.82. The van der Waals surface area contributed by atoms with E-state index in [1.54, 1.807) is 18.5 Å². The number of rotatable bonds is 3. The smallest absolute Gasteiger partial charge is 0.140 e. The number of aromatic nitrogens is 2. The first kappa shape index (κ1) is 21.1. The number of nitrogens with zero attached hydrogens (tertiary/aromatic N) is 4. The number of hydrogen-bond acceptors (Lipinski definition) is 4. The highest BCUT2D eigenvalue weighted by atomic mass is 35.5. The highest BCUT2D eigenvalue weighted by Crippen LogP contribution is 2.50. The summed E-state index contributed by atoms with van der Waals surface area (Å²) in [4.78, 5) is 14.2. The quantitative estimate of drug-likeness (QED) is 0.477. The summed E-state index contributed by atoms with van der Waals surface area (Å²) in [6.07, 6.45) is 5.98. The molecule has 1 aliphatic carbocycles. The summed E-state index contributed by atoms with van der Waals surface area (Å²) in [6.45, 7) is 5.94. The van der Waals surface area contributed by atoms with Crippen LogP contribution < -0.4 is 4.90 Å². The fourth-order valence-electron chi connectivity index (χ4n) is 6.23. The molecule has 0 radical (unpaired) electrons. The molecule has 0 bridgehead atoms. The lowest BCUT2D eigenvalue weighted by Gasteiger charge is -2.41. The number of aryl methyl sites for hydroxylation is 1. The van der Waals surface area contributed by atoms with Crippen molar-refractivity contribution in [3.63, 3.8) is 0 Å². The third kappa shape index (κ3) is 3.62. The van der Waals surface area contributed by atoms with Crippen LogP contribution in [0.2, 0.25) is 5.02 Å². The molecule has 3 aromatic rings. The first-order valence-corrected chi connectivity index (χ1v) is 12.3. The molecule has 4 nitrogen and oxygen atoms in total. The maximum Gasteiger partial charge on any atom is 0.140 e. The molecule has 1 fully saturated rings. The highest BCUT2D eigenvalue weighted by molar-refractivity contribution is 6.30. The van der Waals surface area contributed by atoms with E-state index in [2.05, 4.69) is 33.8 Å². The molecular formula is C27H28ClFN4. The number of piperidine rings is 1. The predicted molar refractivity (Wildman–Crippen MR) is 130 cm³/mol. The molecule has 6 heteroatoms. The van der Waals surface area contributed by atoms with Gasteiger partial charge in [0.1, 0.15) is 18.0 Å². The van der Waals surface area contributed by atoms with Crippen molar-refractivity contribution in [2.75, 3.05) is 24.5 Å². The van der Waals surface area contributed by atoms with Gasteiger partial charge >= 0.3 is 0 Å². The van der Waals surface area contributed by atoms with Gasteiger partial charge in [0.05, 0.1) is 0 Å². The van der Waals surface area contributed by atoms with Gasteiger partial charge in [-0.3, -0.25) is 4.90 Å². The molecule has 170 valence electrons. The van der Waals surface area contributed by atoms with Crippen LogP contribution in [0, 0.1) is 5.82 Å². The monoisotopic (exact) mass is 462 g/mol. The van der Waals surface area contributed by atoms with Crippen molar-refractivity contribution in [1.29, 1.82) is 0 Å². The molecule has 0 N–H and O–H groups in total. The van der Waals surface area contributed by atoms with Gasteiger partial charge in [0.2, 0.25) is 0 Å². The number of likely N-dealkylation sites (tertiary alicyclic amines) is 1. The van der Waals surface area contributed by atoms with Crippen molar-refractivity contribution >= 4 is 23.1 Å². The van der Waals surface area contributed by atoms with Gasteiger partial charge in [-0.1, -0.05) is 30.7 Å². The number of benzene rings is 2. The Bertz CT molecular complexity index is 1200. The second-order valence-corrected chi connectivity index (χ2v) is 10.4. The number of halogens is 2. The Morgan fingerprint density at radius 3 is 2.82 bits per heavy atom. The molecule has 1 spiro atoms. The van der Waals surface area contributed by atoms with Crippen molar-refractivity contribution in [1.82, 2.24) is 14.9 Å². The average Bonchev–Trinajstić information content (AvgIpc) is 3.34. The highest BCUT2D eigenvalue weighted by Gasteiger charge is 2.47. The topological polar surface area (TPSA) is 32.3 Å². The van der Waals surface area contributed by atoms with Gasteiger partial charge < -0.3 is 4.90 Å². The van der Waals surface area contributed by atoms with Crippen molar-refractivity contribution in [3.8, 4) is 0 Å². The molecule has 3 heterocycles. The van der Waals surface area contributed by atoms with Crippen LogP contribution in [0.5, 0.6) is 0 Å². The van der Waals surface area contributed by atoms with Crippen LogP contribution in [-0.2, 0) is 18.4 Å². The maximum atomic E-state index is 14.5. The SMILES string of the molecule is CC1CCc2ncnc(N3C[C@]4(CCCN(Cc5ccc(Cl)cc5)C4)c4cc(F)ccc43)c21. The van der Waals surface area contributed by atoms with Crippen molar-refractivity contribution < 1.29 is 4.39 Å². The zero-order valence-electron chi connectivity index (χ0n) is 18.9. The Balaban J connectivity index is 1.37. The Hall–Kier alpha value is -2.50. The van der Waals surface area contributed by atoms with E-state index in [4.69, 9.17) is 16.6 Å². The van der Waals surface area contributed by atoms with E-state index in [-0.39, 0.29) is 11.2 Å². The minimum Gasteiger partial charge on any atom is -0.325 e. The van der Waals surface area contributed by atoms with Crippen molar-refractivity contribution in [2.45, 2.75) is 50.5 Å². The van der Waals surface area contributed by atoms with Crippen LogP contribution in [0.4, 0.5) is 15.9 Å². The van der Waals surface area contributed by atoms with E-state index < -0.39 is 0 Å². The summed E-state index contributed by atoms with van der Waals surface area (Å²) >= 11 is 6.08. The predicted octanol–water partition coefficient (Wildman–Crippen LogP) is 6.00. The fraction of sp³-hybridized carbons (Fsp3) is 0.407. The Kier molecular flexibility index (Phi) is 5.15. The Morgan fingerprint density at radius 1 is 1.12 bits per heavy atom. The van der Waals surface area contributed by atoms with E-state index in [0.717, 1.165) is 74.0 Å². The summed E-state index contributed by atoms with van der Waals surface area (Å²) < 4.78 is 14.5. The third-order valence-electron chi connectivity index (χ3n) is 7.76. The van der Waals surface area contributed by atoms with E-state index in [0.29, 0.717) is 5.92 Å². The van der Waals surface area contributed by atoms with E-state index >= 15 is 0 Å². The first-order chi connectivity index (χ1) is 16.0. The minimum atomic E-state index is -0.161. The molecule has 33 heavy (non-hydrogen) atoms. The molecule has 2 atom stereocenters. The second kappa shape index (κ2) is 8.07. The molecule has 2 aliphatic heterocycles. The van der Waals surface area contributed by atoms with Gasteiger partial charge in [0.15, 0.2) is 0 Å². The van der Waals surface area contributed by atoms with Gasteiger partial charge in [0.25, 0.3) is 0 Å². The maximum absolute atomic E-state index is 14.5. The second-order valence-electron chi connectivity index (χ2n) is 9.97. The number of fused-ring (bicyclic) bond motifs is 3. The average molecular weight is 463 g/mol. The molecular weight excluding hydrogens is 435 g/mol. The minimum absolute atomic E-state index is 0.109. The molecule has 1 saturated heterocycles. The Labute approximate surface area is 199 Å². The molecule has 0 saturated carbocycles. The number of hydrogen-bond donors (Lipinski definition) is 0.